The fraction of sp³-hybridized carbons (Fsp3) is 0.312. The Morgan fingerprint density at radius 1 is 1.05 bits per heavy atom. The lowest BCUT2D eigenvalue weighted by atomic mass is 10.0. The summed E-state index contributed by atoms with van der Waals surface area (Å²) < 4.78 is 5.28. The molecule has 0 aliphatic rings. The standard InChI is InChI=1S/C16H19NO2S2/c18-16(19-9-8-17(11-20)12-21)10-14-6-3-5-13-4-1-2-7-15(13)14/h1-7,20-21H,8-12H2. The molecule has 0 aromatic heterocycles. The van der Waals surface area contributed by atoms with Crippen molar-refractivity contribution in [1.29, 1.82) is 0 Å². The van der Waals surface area contributed by atoms with Crippen LogP contribution in [0.3, 0.4) is 0 Å². The van der Waals surface area contributed by atoms with Gasteiger partial charge in [0.2, 0.25) is 0 Å². The van der Waals surface area contributed by atoms with Crippen LogP contribution in [0.2, 0.25) is 0 Å². The Bertz CT molecular complexity index is 594. The molecule has 0 spiro atoms. The Balaban J connectivity index is 1.93. The van der Waals surface area contributed by atoms with Gasteiger partial charge in [-0.1, -0.05) is 42.5 Å². The normalized spacial score (nSPS) is 11.0. The number of esters is 1. The van der Waals surface area contributed by atoms with Gasteiger partial charge in [0.25, 0.3) is 0 Å². The summed E-state index contributed by atoms with van der Waals surface area (Å²) in [5, 5.41) is 2.24. The second-order valence-corrected chi connectivity index (χ2v) is 5.28. The molecule has 0 amide bonds. The molecule has 2 aromatic rings. The van der Waals surface area contributed by atoms with Crippen molar-refractivity contribution < 1.29 is 9.53 Å². The maximum absolute atomic E-state index is 11.9. The molecule has 5 heteroatoms. The van der Waals surface area contributed by atoms with Crippen molar-refractivity contribution in [2.24, 2.45) is 0 Å². The zero-order valence-corrected chi connectivity index (χ0v) is 13.5. The zero-order chi connectivity index (χ0) is 15.1. The Morgan fingerprint density at radius 3 is 2.52 bits per heavy atom. The lowest BCUT2D eigenvalue weighted by Gasteiger charge is -2.16. The van der Waals surface area contributed by atoms with Crippen LogP contribution in [-0.4, -0.2) is 35.8 Å². The summed E-state index contributed by atoms with van der Waals surface area (Å²) in [6.45, 7) is 1.01. The number of carbonyl (C=O) groups is 1. The van der Waals surface area contributed by atoms with Crippen molar-refractivity contribution in [3.05, 3.63) is 48.0 Å². The van der Waals surface area contributed by atoms with Crippen LogP contribution < -0.4 is 0 Å². The van der Waals surface area contributed by atoms with Gasteiger partial charge in [-0.3, -0.25) is 9.69 Å². The van der Waals surface area contributed by atoms with E-state index in [1.807, 2.05) is 47.4 Å². The van der Waals surface area contributed by atoms with Gasteiger partial charge >= 0.3 is 5.97 Å². The Kier molecular flexibility index (Phi) is 6.42. The summed E-state index contributed by atoms with van der Waals surface area (Å²) in [5.74, 6) is 0.999. The zero-order valence-electron chi connectivity index (χ0n) is 11.7. The second kappa shape index (κ2) is 8.32. The summed E-state index contributed by atoms with van der Waals surface area (Å²) in [5.41, 5.74) is 0.998. The van der Waals surface area contributed by atoms with E-state index in [1.54, 1.807) is 0 Å². The largest absolute Gasteiger partial charge is 0.464 e. The van der Waals surface area contributed by atoms with Gasteiger partial charge in [0.1, 0.15) is 6.61 Å². The highest BCUT2D eigenvalue weighted by Crippen LogP contribution is 2.19. The topological polar surface area (TPSA) is 29.5 Å². The van der Waals surface area contributed by atoms with Crippen LogP contribution in [-0.2, 0) is 16.0 Å². The monoisotopic (exact) mass is 321 g/mol. The molecule has 0 radical (unpaired) electrons. The summed E-state index contributed by atoms with van der Waals surface area (Å²) in [6, 6.07) is 14.0. The van der Waals surface area contributed by atoms with E-state index in [2.05, 4.69) is 25.3 Å². The molecule has 3 nitrogen and oxygen atoms in total. The van der Waals surface area contributed by atoms with E-state index in [0.717, 1.165) is 16.3 Å². The number of benzene rings is 2. The van der Waals surface area contributed by atoms with E-state index in [-0.39, 0.29) is 5.97 Å². The predicted molar refractivity (Wildman–Crippen MR) is 93.0 cm³/mol. The first-order valence-corrected chi connectivity index (χ1v) is 8.07. The first-order chi connectivity index (χ1) is 10.2. The number of ether oxygens (including phenoxy) is 1. The molecule has 0 fully saturated rings. The quantitative estimate of drug-likeness (QED) is 0.467. The first-order valence-electron chi connectivity index (χ1n) is 6.81. The van der Waals surface area contributed by atoms with E-state index < -0.39 is 0 Å². The van der Waals surface area contributed by atoms with Gasteiger partial charge in [0, 0.05) is 18.3 Å². The van der Waals surface area contributed by atoms with Crippen LogP contribution >= 0.6 is 25.3 Å². The fourth-order valence-corrected chi connectivity index (χ4v) is 2.77. The molecule has 0 unspecified atom stereocenters. The van der Waals surface area contributed by atoms with Crippen LogP contribution in [0.5, 0.6) is 0 Å². The van der Waals surface area contributed by atoms with E-state index >= 15 is 0 Å². The summed E-state index contributed by atoms with van der Waals surface area (Å²) >= 11 is 8.35. The molecule has 21 heavy (non-hydrogen) atoms. The minimum atomic E-state index is -0.204. The SMILES string of the molecule is O=C(Cc1cccc2ccccc12)OCCN(CS)CS. The van der Waals surface area contributed by atoms with Crippen molar-refractivity contribution in [2.75, 3.05) is 24.9 Å². The van der Waals surface area contributed by atoms with E-state index in [0.29, 0.717) is 31.3 Å². The lowest BCUT2D eigenvalue weighted by Crippen LogP contribution is -2.26. The molecule has 0 saturated carbocycles. The molecular formula is C16H19NO2S2. The van der Waals surface area contributed by atoms with E-state index in [4.69, 9.17) is 4.74 Å². The molecule has 0 atom stereocenters. The Morgan fingerprint density at radius 2 is 1.76 bits per heavy atom. The third kappa shape index (κ3) is 4.66. The highest BCUT2D eigenvalue weighted by atomic mass is 32.1. The third-order valence-electron chi connectivity index (χ3n) is 3.29. The Hall–Kier alpha value is -1.17. The van der Waals surface area contributed by atoms with Crippen molar-refractivity contribution >= 4 is 42.0 Å². The average Bonchev–Trinajstić information content (AvgIpc) is 2.52. The van der Waals surface area contributed by atoms with Crippen molar-refractivity contribution in [2.45, 2.75) is 6.42 Å². The van der Waals surface area contributed by atoms with Crippen molar-refractivity contribution in [1.82, 2.24) is 4.90 Å². The Labute approximate surface area is 136 Å². The van der Waals surface area contributed by atoms with Gasteiger partial charge in [-0.05, 0) is 16.3 Å². The average molecular weight is 321 g/mol. The fourth-order valence-electron chi connectivity index (χ4n) is 2.13. The summed E-state index contributed by atoms with van der Waals surface area (Å²) in [7, 11) is 0. The second-order valence-electron chi connectivity index (χ2n) is 4.71. The molecule has 0 heterocycles. The number of carbonyl (C=O) groups excluding carboxylic acids is 1. The molecule has 2 rings (SSSR count). The maximum Gasteiger partial charge on any atom is 0.310 e. The molecule has 0 aliphatic heterocycles. The summed E-state index contributed by atoms with van der Waals surface area (Å²) in [4.78, 5) is 13.9. The lowest BCUT2D eigenvalue weighted by molar-refractivity contribution is -0.143. The van der Waals surface area contributed by atoms with E-state index in [9.17, 15) is 4.79 Å². The number of rotatable bonds is 7. The number of hydrogen-bond donors (Lipinski definition) is 2. The highest BCUT2D eigenvalue weighted by Gasteiger charge is 2.08. The molecule has 2 aromatic carbocycles. The first kappa shape index (κ1) is 16.2. The smallest absolute Gasteiger partial charge is 0.310 e. The van der Waals surface area contributed by atoms with Crippen molar-refractivity contribution in [3.8, 4) is 0 Å². The van der Waals surface area contributed by atoms with E-state index in [1.165, 1.54) is 0 Å². The number of hydrogen-bond acceptors (Lipinski definition) is 5. The summed E-state index contributed by atoms with van der Waals surface area (Å²) in [6.07, 6.45) is 0.295. The van der Waals surface area contributed by atoms with Crippen molar-refractivity contribution in [3.63, 3.8) is 0 Å². The van der Waals surface area contributed by atoms with Crippen LogP contribution in [0.15, 0.2) is 42.5 Å². The number of nitrogens with zero attached hydrogens (tertiary/aromatic N) is 1. The van der Waals surface area contributed by atoms with Gasteiger partial charge in [-0.2, -0.15) is 25.3 Å². The minimum absolute atomic E-state index is 0.204. The van der Waals surface area contributed by atoms with Gasteiger partial charge in [0.05, 0.1) is 6.42 Å². The molecule has 0 bridgehead atoms. The van der Waals surface area contributed by atoms with Crippen LogP contribution in [0, 0.1) is 0 Å². The molecular weight excluding hydrogens is 302 g/mol. The molecule has 0 N–H and O–H groups in total. The van der Waals surface area contributed by atoms with Gasteiger partial charge in [-0.15, -0.1) is 0 Å². The van der Waals surface area contributed by atoms with Gasteiger partial charge in [-0.25, -0.2) is 0 Å². The predicted octanol–water partition coefficient (Wildman–Crippen LogP) is 3.00. The van der Waals surface area contributed by atoms with Crippen LogP contribution in [0.4, 0.5) is 0 Å². The van der Waals surface area contributed by atoms with Crippen LogP contribution in [0.1, 0.15) is 5.56 Å². The number of fused-ring (bicyclic) bond motifs is 1. The van der Waals surface area contributed by atoms with Gasteiger partial charge < -0.3 is 4.74 Å². The van der Waals surface area contributed by atoms with Crippen LogP contribution in [0.25, 0.3) is 10.8 Å². The number of thiol groups is 2. The minimum Gasteiger partial charge on any atom is -0.464 e. The highest BCUT2D eigenvalue weighted by molar-refractivity contribution is 7.81. The molecule has 0 aliphatic carbocycles. The maximum atomic E-state index is 11.9. The molecule has 112 valence electrons. The third-order valence-corrected chi connectivity index (χ3v) is 4.09. The van der Waals surface area contributed by atoms with Gasteiger partial charge in [0.15, 0.2) is 0 Å². The molecule has 0 saturated heterocycles.